The summed E-state index contributed by atoms with van der Waals surface area (Å²) in [5, 5.41) is 0.139. The van der Waals surface area contributed by atoms with Crippen molar-refractivity contribution in [1.82, 2.24) is 0 Å². The normalized spacial score (nSPS) is 11.5. The van der Waals surface area contributed by atoms with Crippen LogP contribution in [0.3, 0.4) is 0 Å². The van der Waals surface area contributed by atoms with Crippen molar-refractivity contribution < 1.29 is 45.9 Å². The second-order valence-corrected chi connectivity index (χ2v) is 7.33. The molecular formula is C23H14F3NO6P+. The van der Waals surface area contributed by atoms with Crippen LogP contribution in [0.25, 0.3) is 21.8 Å². The summed E-state index contributed by atoms with van der Waals surface area (Å²) in [6.45, 7) is 0. The highest BCUT2D eigenvalue weighted by molar-refractivity contribution is 7.17. The van der Waals surface area contributed by atoms with Crippen LogP contribution in [-0.4, -0.2) is 18.1 Å². The number of nitrogens with zero attached hydrogens (tertiary/aromatic N) is 1. The van der Waals surface area contributed by atoms with E-state index in [1.54, 1.807) is 54.1 Å². The van der Waals surface area contributed by atoms with Gasteiger partial charge in [-0.3, -0.25) is 0 Å². The third kappa shape index (κ3) is 4.27. The lowest BCUT2D eigenvalue weighted by Gasteiger charge is -2.15. The SMILES string of the molecule is C[n+]1c2ccccc2c(C(=O)Oc2ccccc2)c2c(OC(=O)C(F)(F)F)c(OP=O)ccc21. The number of hydrogen-bond donors (Lipinski definition) is 0. The number of halogens is 3. The number of aryl methyl sites for hydroxylation is 1. The summed E-state index contributed by atoms with van der Waals surface area (Å²) in [6.07, 6.45) is -5.33. The van der Waals surface area contributed by atoms with Crippen molar-refractivity contribution in [2.45, 2.75) is 6.18 Å². The van der Waals surface area contributed by atoms with Gasteiger partial charge in [0.1, 0.15) is 18.2 Å². The summed E-state index contributed by atoms with van der Waals surface area (Å²) < 4.78 is 66.9. The van der Waals surface area contributed by atoms with E-state index in [1.807, 2.05) is 0 Å². The number of ether oxygens (including phenoxy) is 2. The van der Waals surface area contributed by atoms with Crippen LogP contribution in [0.15, 0.2) is 66.7 Å². The van der Waals surface area contributed by atoms with Crippen LogP contribution in [0.1, 0.15) is 10.4 Å². The van der Waals surface area contributed by atoms with Gasteiger partial charge in [-0.15, -0.1) is 0 Å². The van der Waals surface area contributed by atoms with Crippen LogP contribution in [0, 0.1) is 0 Å². The Bertz CT molecular complexity index is 1440. The molecule has 1 aromatic heterocycles. The van der Waals surface area contributed by atoms with Crippen molar-refractivity contribution >= 4 is 42.4 Å². The number of hydrogen-bond acceptors (Lipinski definition) is 6. The molecule has 3 aromatic carbocycles. The molecular weight excluding hydrogens is 474 g/mol. The topological polar surface area (TPSA) is 82.8 Å². The lowest BCUT2D eigenvalue weighted by atomic mass is 10.0. The van der Waals surface area contributed by atoms with E-state index in [2.05, 4.69) is 4.74 Å². The molecule has 0 aliphatic carbocycles. The molecule has 4 rings (SSSR count). The Hall–Kier alpha value is -4.04. The molecule has 7 nitrogen and oxygen atoms in total. The Morgan fingerprint density at radius 3 is 2.24 bits per heavy atom. The molecule has 0 unspecified atom stereocenters. The van der Waals surface area contributed by atoms with E-state index in [-0.39, 0.29) is 22.2 Å². The molecule has 0 saturated carbocycles. The molecule has 0 aliphatic rings. The van der Waals surface area contributed by atoms with Crippen LogP contribution in [0.4, 0.5) is 13.2 Å². The molecule has 0 spiro atoms. The van der Waals surface area contributed by atoms with Gasteiger partial charge in [-0.25, -0.2) is 14.2 Å². The zero-order chi connectivity index (χ0) is 24.5. The van der Waals surface area contributed by atoms with Crippen molar-refractivity contribution in [3.63, 3.8) is 0 Å². The minimum absolute atomic E-state index is 0.162. The van der Waals surface area contributed by atoms with Crippen molar-refractivity contribution in [3.05, 3.63) is 72.3 Å². The van der Waals surface area contributed by atoms with E-state index in [0.29, 0.717) is 10.9 Å². The molecule has 172 valence electrons. The molecule has 11 heteroatoms. The summed E-state index contributed by atoms with van der Waals surface area (Å²) in [5.41, 5.74) is 0.628. The number of pyridine rings is 1. The largest absolute Gasteiger partial charge is 0.491 e. The van der Waals surface area contributed by atoms with Crippen molar-refractivity contribution in [2.24, 2.45) is 7.05 Å². The number of carbonyl (C=O) groups excluding carboxylic acids is 2. The zero-order valence-electron chi connectivity index (χ0n) is 17.3. The van der Waals surface area contributed by atoms with Gasteiger partial charge in [0.05, 0.1) is 10.9 Å². The zero-order valence-corrected chi connectivity index (χ0v) is 18.2. The molecule has 0 aliphatic heterocycles. The monoisotopic (exact) mass is 488 g/mol. The number of para-hydroxylation sites is 2. The van der Waals surface area contributed by atoms with E-state index in [9.17, 15) is 27.3 Å². The summed E-state index contributed by atoms with van der Waals surface area (Å²) in [5.74, 6) is -4.41. The van der Waals surface area contributed by atoms with Crippen LogP contribution >= 0.6 is 8.69 Å². The Morgan fingerprint density at radius 1 is 0.882 bits per heavy atom. The average molecular weight is 488 g/mol. The molecule has 1 heterocycles. The van der Waals surface area contributed by atoms with E-state index in [4.69, 9.17) is 9.26 Å². The fraction of sp³-hybridized carbons (Fsp3) is 0.0870. The van der Waals surface area contributed by atoms with E-state index in [0.717, 1.165) is 0 Å². The predicted octanol–water partition coefficient (Wildman–Crippen LogP) is 5.09. The second-order valence-electron chi connectivity index (χ2n) is 6.99. The maximum absolute atomic E-state index is 13.4. The third-order valence-corrected chi connectivity index (χ3v) is 5.24. The number of alkyl halides is 3. The Kier molecular flexibility index (Phi) is 6.17. The first-order chi connectivity index (χ1) is 16.2. The smallest absolute Gasteiger partial charge is 0.423 e. The molecule has 0 radical (unpaired) electrons. The van der Waals surface area contributed by atoms with Gasteiger partial charge in [-0.1, -0.05) is 30.3 Å². The van der Waals surface area contributed by atoms with E-state index < -0.39 is 38.3 Å². The minimum atomic E-state index is -5.33. The fourth-order valence-electron chi connectivity index (χ4n) is 3.54. The van der Waals surface area contributed by atoms with Crippen molar-refractivity contribution in [1.29, 1.82) is 0 Å². The summed E-state index contributed by atoms with van der Waals surface area (Å²) in [7, 11) is 0.713. The number of benzene rings is 3. The quantitative estimate of drug-likeness (QED) is 0.128. The van der Waals surface area contributed by atoms with Gasteiger partial charge < -0.3 is 14.0 Å². The highest BCUT2D eigenvalue weighted by Gasteiger charge is 2.43. The first kappa shape index (κ1) is 23.1. The number of rotatable bonds is 5. The van der Waals surface area contributed by atoms with Crippen LogP contribution < -0.4 is 18.6 Å². The van der Waals surface area contributed by atoms with Gasteiger partial charge in [0.25, 0.3) is 0 Å². The molecule has 0 N–H and O–H groups in total. The van der Waals surface area contributed by atoms with Crippen LogP contribution in [0.2, 0.25) is 0 Å². The predicted molar refractivity (Wildman–Crippen MR) is 114 cm³/mol. The molecule has 34 heavy (non-hydrogen) atoms. The molecule has 0 saturated heterocycles. The molecule has 4 aromatic rings. The van der Waals surface area contributed by atoms with E-state index >= 15 is 0 Å². The molecule has 0 fully saturated rings. The maximum Gasteiger partial charge on any atom is 0.491 e. The summed E-state index contributed by atoms with van der Waals surface area (Å²) in [4.78, 5) is 25.1. The average Bonchev–Trinajstić information content (AvgIpc) is 2.81. The van der Waals surface area contributed by atoms with Crippen LogP contribution in [0.5, 0.6) is 17.2 Å². The second kappa shape index (κ2) is 9.07. The lowest BCUT2D eigenvalue weighted by Crippen LogP contribution is -2.32. The first-order valence-electron chi connectivity index (χ1n) is 9.65. The first-order valence-corrected chi connectivity index (χ1v) is 10.4. The minimum Gasteiger partial charge on any atom is -0.423 e. The third-order valence-electron chi connectivity index (χ3n) is 4.97. The number of aromatic nitrogens is 1. The standard InChI is InChI=1S/C23H14F3NO6P/c1-27-15-10-6-5-9-14(15)18(21(28)31-13-7-3-2-4-8-13)19-16(27)11-12-17(33-34-30)20(19)32-22(29)23(24,25)26/h2-12H,1H3/q+1. The van der Waals surface area contributed by atoms with Gasteiger partial charge in [-0.05, 0) is 24.3 Å². The number of esters is 2. The lowest BCUT2D eigenvalue weighted by molar-refractivity contribution is -0.617. The summed E-state index contributed by atoms with van der Waals surface area (Å²) in [6, 6.07) is 17.3. The Morgan fingerprint density at radius 2 is 1.56 bits per heavy atom. The van der Waals surface area contributed by atoms with Gasteiger partial charge in [0.15, 0.2) is 11.5 Å². The molecule has 0 bridgehead atoms. The molecule has 0 amide bonds. The highest BCUT2D eigenvalue weighted by Crippen LogP contribution is 2.41. The highest BCUT2D eigenvalue weighted by atomic mass is 31.1. The number of carbonyl (C=O) groups is 2. The molecule has 0 atom stereocenters. The van der Waals surface area contributed by atoms with E-state index in [1.165, 1.54) is 24.3 Å². The Labute approximate surface area is 191 Å². The number of fused-ring (bicyclic) bond motifs is 2. The summed E-state index contributed by atoms with van der Waals surface area (Å²) >= 11 is 0. The maximum atomic E-state index is 13.4. The van der Waals surface area contributed by atoms with Gasteiger partial charge in [0.2, 0.25) is 11.0 Å². The van der Waals surface area contributed by atoms with Crippen LogP contribution in [-0.2, 0) is 16.4 Å². The van der Waals surface area contributed by atoms with Crippen molar-refractivity contribution in [3.8, 4) is 17.2 Å². The fourth-order valence-corrected chi connectivity index (χ4v) is 3.76. The Balaban J connectivity index is 2.08. The van der Waals surface area contributed by atoms with Gasteiger partial charge in [0, 0.05) is 12.1 Å². The van der Waals surface area contributed by atoms with Crippen molar-refractivity contribution in [2.75, 3.05) is 0 Å². The van der Waals surface area contributed by atoms with Gasteiger partial charge >= 0.3 is 26.8 Å². The van der Waals surface area contributed by atoms with Gasteiger partial charge in [-0.2, -0.15) is 17.7 Å².